The standard InChI is InChI=1S/C25H18F3N3O4S/c1-34-21-13-16(14-22-23(32)31(24(33)36-22)11-10-30-8-2-3-9-30)4-7-20(21)35-19-6-5-17(15-29)12-18(19)25(26,27)28/h2-9,12-14H,10-11H2,1H3. The molecule has 184 valence electrons. The van der Waals surface area contributed by atoms with Crippen LogP contribution < -0.4 is 9.47 Å². The number of halogens is 3. The number of nitriles is 1. The summed E-state index contributed by atoms with van der Waals surface area (Å²) >= 11 is 0.808. The Morgan fingerprint density at radius 1 is 1.03 bits per heavy atom. The lowest BCUT2D eigenvalue weighted by molar-refractivity contribution is -0.138. The fourth-order valence-corrected chi connectivity index (χ4v) is 4.33. The Hall–Kier alpha value is -4.17. The third kappa shape index (κ3) is 5.39. The van der Waals surface area contributed by atoms with Gasteiger partial charge in [-0.2, -0.15) is 18.4 Å². The summed E-state index contributed by atoms with van der Waals surface area (Å²) < 4.78 is 53.1. The first-order valence-electron chi connectivity index (χ1n) is 10.5. The topological polar surface area (TPSA) is 84.6 Å². The molecule has 1 saturated heterocycles. The highest BCUT2D eigenvalue weighted by molar-refractivity contribution is 8.18. The van der Waals surface area contributed by atoms with Crippen molar-refractivity contribution in [3.8, 4) is 23.3 Å². The summed E-state index contributed by atoms with van der Waals surface area (Å²) in [6.45, 7) is 0.687. The monoisotopic (exact) mass is 513 g/mol. The number of alkyl halides is 3. The van der Waals surface area contributed by atoms with Crippen LogP contribution in [-0.2, 0) is 17.5 Å². The Morgan fingerprint density at radius 3 is 2.42 bits per heavy atom. The largest absolute Gasteiger partial charge is 0.493 e. The molecular weight excluding hydrogens is 495 g/mol. The van der Waals surface area contributed by atoms with Gasteiger partial charge in [0.05, 0.1) is 29.2 Å². The second-order valence-corrected chi connectivity index (χ2v) is 8.58. The molecule has 4 rings (SSSR count). The molecule has 2 aromatic carbocycles. The maximum absolute atomic E-state index is 13.5. The smallest absolute Gasteiger partial charge is 0.420 e. The molecule has 3 aromatic rings. The minimum Gasteiger partial charge on any atom is -0.493 e. The van der Waals surface area contributed by atoms with Crippen molar-refractivity contribution in [2.75, 3.05) is 13.7 Å². The van der Waals surface area contributed by atoms with Crippen molar-refractivity contribution < 1.29 is 32.2 Å². The normalized spacial score (nSPS) is 14.9. The lowest BCUT2D eigenvalue weighted by Gasteiger charge is -2.16. The molecule has 0 aliphatic carbocycles. The molecule has 1 aliphatic rings. The average Bonchev–Trinajstić information content (AvgIpc) is 3.46. The minimum atomic E-state index is -4.74. The van der Waals surface area contributed by atoms with Gasteiger partial charge in [0.15, 0.2) is 11.5 Å². The number of ether oxygens (including phenoxy) is 2. The second-order valence-electron chi connectivity index (χ2n) is 7.59. The van der Waals surface area contributed by atoms with Gasteiger partial charge in [0, 0.05) is 25.5 Å². The van der Waals surface area contributed by atoms with Gasteiger partial charge in [-0.15, -0.1) is 0 Å². The van der Waals surface area contributed by atoms with E-state index in [-0.39, 0.29) is 33.8 Å². The van der Waals surface area contributed by atoms with Gasteiger partial charge in [0.2, 0.25) is 0 Å². The molecule has 0 unspecified atom stereocenters. The molecule has 0 N–H and O–H groups in total. The van der Waals surface area contributed by atoms with Crippen molar-refractivity contribution in [2.24, 2.45) is 0 Å². The van der Waals surface area contributed by atoms with E-state index in [1.807, 2.05) is 29.1 Å². The predicted molar refractivity (Wildman–Crippen MR) is 126 cm³/mol. The minimum absolute atomic E-state index is 0.00434. The molecule has 0 saturated carbocycles. The summed E-state index contributed by atoms with van der Waals surface area (Å²) in [5, 5.41) is 8.54. The van der Waals surface area contributed by atoms with Crippen LogP contribution in [0.25, 0.3) is 6.08 Å². The lowest BCUT2D eigenvalue weighted by Crippen LogP contribution is -2.31. The van der Waals surface area contributed by atoms with Crippen LogP contribution in [0.3, 0.4) is 0 Å². The Bertz CT molecular complexity index is 1380. The molecule has 2 heterocycles. The molecule has 36 heavy (non-hydrogen) atoms. The van der Waals surface area contributed by atoms with Crippen LogP contribution in [0.2, 0.25) is 0 Å². The van der Waals surface area contributed by atoms with Gasteiger partial charge in [-0.05, 0) is 65.9 Å². The number of hydrogen-bond acceptors (Lipinski definition) is 6. The van der Waals surface area contributed by atoms with E-state index in [4.69, 9.17) is 14.7 Å². The van der Waals surface area contributed by atoms with Crippen LogP contribution in [0.1, 0.15) is 16.7 Å². The van der Waals surface area contributed by atoms with Gasteiger partial charge in [-0.1, -0.05) is 6.07 Å². The molecule has 1 aromatic heterocycles. The Kier molecular flexibility index (Phi) is 7.07. The highest BCUT2D eigenvalue weighted by Crippen LogP contribution is 2.41. The van der Waals surface area contributed by atoms with Crippen molar-refractivity contribution in [1.29, 1.82) is 5.26 Å². The molecule has 7 nitrogen and oxygen atoms in total. The first kappa shape index (κ1) is 24.9. The summed E-state index contributed by atoms with van der Waals surface area (Å²) in [6, 6.07) is 12.8. The van der Waals surface area contributed by atoms with Gasteiger partial charge < -0.3 is 14.0 Å². The number of hydrogen-bond donors (Lipinski definition) is 0. The summed E-state index contributed by atoms with van der Waals surface area (Å²) in [6.07, 6.45) is 0.441. The number of benzene rings is 2. The third-order valence-corrected chi connectivity index (χ3v) is 6.15. The zero-order valence-electron chi connectivity index (χ0n) is 18.8. The number of carbonyl (C=O) groups excluding carboxylic acids is 2. The van der Waals surface area contributed by atoms with E-state index in [1.54, 1.807) is 6.07 Å². The Balaban J connectivity index is 1.55. The molecule has 2 amide bonds. The van der Waals surface area contributed by atoms with Crippen molar-refractivity contribution in [3.05, 3.63) is 82.5 Å². The number of methoxy groups -OCH3 is 1. The first-order valence-corrected chi connectivity index (χ1v) is 11.3. The molecule has 11 heteroatoms. The van der Waals surface area contributed by atoms with Crippen molar-refractivity contribution >= 4 is 29.0 Å². The third-order valence-electron chi connectivity index (χ3n) is 5.24. The van der Waals surface area contributed by atoms with E-state index in [2.05, 4.69) is 0 Å². The van der Waals surface area contributed by atoms with E-state index in [0.29, 0.717) is 18.2 Å². The van der Waals surface area contributed by atoms with E-state index < -0.39 is 23.4 Å². The summed E-state index contributed by atoms with van der Waals surface area (Å²) in [4.78, 5) is 26.5. The van der Waals surface area contributed by atoms with Crippen LogP contribution >= 0.6 is 11.8 Å². The maximum atomic E-state index is 13.5. The van der Waals surface area contributed by atoms with Crippen LogP contribution in [0.15, 0.2) is 65.8 Å². The van der Waals surface area contributed by atoms with Crippen LogP contribution in [0, 0.1) is 11.3 Å². The molecule has 1 fully saturated rings. The second kappa shape index (κ2) is 10.2. The number of aromatic nitrogens is 1. The van der Waals surface area contributed by atoms with Gasteiger partial charge in [0.1, 0.15) is 5.75 Å². The van der Waals surface area contributed by atoms with Crippen molar-refractivity contribution in [1.82, 2.24) is 9.47 Å². The van der Waals surface area contributed by atoms with Gasteiger partial charge in [-0.3, -0.25) is 14.5 Å². The summed E-state index contributed by atoms with van der Waals surface area (Å²) in [7, 11) is 1.32. The summed E-state index contributed by atoms with van der Waals surface area (Å²) in [5.41, 5.74) is -0.758. The van der Waals surface area contributed by atoms with E-state index in [9.17, 15) is 22.8 Å². The number of nitrogens with zero attached hydrogens (tertiary/aromatic N) is 3. The van der Waals surface area contributed by atoms with Crippen LogP contribution in [0.5, 0.6) is 17.2 Å². The predicted octanol–water partition coefficient (Wildman–Crippen LogP) is 5.92. The van der Waals surface area contributed by atoms with Crippen molar-refractivity contribution in [2.45, 2.75) is 12.7 Å². The highest BCUT2D eigenvalue weighted by atomic mass is 32.2. The zero-order valence-corrected chi connectivity index (χ0v) is 19.6. The van der Waals surface area contributed by atoms with Gasteiger partial charge in [0.25, 0.3) is 11.1 Å². The Morgan fingerprint density at radius 2 is 1.75 bits per heavy atom. The SMILES string of the molecule is COc1cc(C=C2SC(=O)N(CCn3cccc3)C2=O)ccc1Oc1ccc(C#N)cc1C(F)(F)F. The number of thioether (sulfide) groups is 1. The highest BCUT2D eigenvalue weighted by Gasteiger charge is 2.36. The van der Waals surface area contributed by atoms with E-state index >= 15 is 0 Å². The molecule has 0 atom stereocenters. The van der Waals surface area contributed by atoms with E-state index in [0.717, 1.165) is 22.7 Å². The van der Waals surface area contributed by atoms with Gasteiger partial charge in [-0.25, -0.2) is 0 Å². The molecule has 0 radical (unpaired) electrons. The zero-order chi connectivity index (χ0) is 25.9. The lowest BCUT2D eigenvalue weighted by atomic mass is 10.1. The fraction of sp³-hybridized carbons (Fsp3) is 0.160. The number of carbonyl (C=O) groups is 2. The fourth-order valence-electron chi connectivity index (χ4n) is 3.47. The number of rotatable bonds is 7. The molecule has 0 bridgehead atoms. The summed E-state index contributed by atoms with van der Waals surface area (Å²) in [5.74, 6) is -0.794. The van der Waals surface area contributed by atoms with Gasteiger partial charge >= 0.3 is 6.18 Å². The number of imide groups is 1. The van der Waals surface area contributed by atoms with Crippen LogP contribution in [-0.4, -0.2) is 34.3 Å². The molecule has 0 spiro atoms. The van der Waals surface area contributed by atoms with Crippen LogP contribution in [0.4, 0.5) is 18.0 Å². The molecule has 1 aliphatic heterocycles. The molecular formula is C25H18F3N3O4S. The average molecular weight is 513 g/mol. The van der Waals surface area contributed by atoms with E-state index in [1.165, 1.54) is 37.5 Å². The quantitative estimate of drug-likeness (QED) is 0.365. The maximum Gasteiger partial charge on any atom is 0.420 e. The van der Waals surface area contributed by atoms with Crippen molar-refractivity contribution in [3.63, 3.8) is 0 Å². The first-order chi connectivity index (χ1) is 17.2. The number of amides is 2. The Labute approximate surface area is 208 Å².